The number of hydrazone groups is 1. The Labute approximate surface area is 124 Å². The number of rotatable bonds is 2. The van der Waals surface area contributed by atoms with Gasteiger partial charge in [-0.05, 0) is 6.07 Å². The largest absolute Gasteiger partial charge is 0.304 e. The summed E-state index contributed by atoms with van der Waals surface area (Å²) >= 11 is 1.08. The fraction of sp³-hybridized carbons (Fsp3) is 0.250. The highest BCUT2D eigenvalue weighted by Crippen LogP contribution is 2.42. The molecule has 0 spiro atoms. The van der Waals surface area contributed by atoms with Crippen molar-refractivity contribution in [3.63, 3.8) is 0 Å². The van der Waals surface area contributed by atoms with Crippen molar-refractivity contribution in [2.45, 2.75) is 19.2 Å². The molecule has 9 heteroatoms. The Balaban J connectivity index is 2.38. The molecule has 0 aliphatic carbocycles. The molecular formula is C12H12N4O4S. The number of hydrogen-bond acceptors (Lipinski definition) is 6. The number of amides is 2. The van der Waals surface area contributed by atoms with Crippen LogP contribution in [0.3, 0.4) is 0 Å². The Kier molecular flexibility index (Phi) is 4.22. The summed E-state index contributed by atoms with van der Waals surface area (Å²) in [5, 5.41) is 18.3. The minimum Gasteiger partial charge on any atom is -0.304 e. The van der Waals surface area contributed by atoms with Gasteiger partial charge in [0.2, 0.25) is 11.8 Å². The van der Waals surface area contributed by atoms with Crippen molar-refractivity contribution in [1.29, 1.82) is 0 Å². The first kappa shape index (κ1) is 15.0. The zero-order valence-corrected chi connectivity index (χ0v) is 12.1. The Bertz CT molecular complexity index is 646. The molecule has 1 heterocycles. The number of amidine groups is 1. The molecule has 1 aliphatic heterocycles. The highest BCUT2D eigenvalue weighted by Gasteiger charge is 2.36. The van der Waals surface area contributed by atoms with Crippen molar-refractivity contribution >= 4 is 34.4 Å². The van der Waals surface area contributed by atoms with Gasteiger partial charge in [0.15, 0.2) is 5.17 Å². The van der Waals surface area contributed by atoms with Crippen LogP contribution in [0.4, 0.5) is 5.69 Å². The molecule has 8 nitrogen and oxygen atoms in total. The summed E-state index contributed by atoms with van der Waals surface area (Å²) in [6.07, 6.45) is 0. The topological polar surface area (TPSA) is 105 Å². The SMILES string of the molecule is CC(=O)NC1=NN(C(C)=O)[C@H](c2ccccc2[N+](=O)[O-])S1. The van der Waals surface area contributed by atoms with Gasteiger partial charge in [0.1, 0.15) is 5.37 Å². The zero-order chi connectivity index (χ0) is 15.6. The van der Waals surface area contributed by atoms with Crippen LogP contribution >= 0.6 is 11.8 Å². The average Bonchev–Trinajstić information content (AvgIpc) is 2.81. The molecule has 1 aromatic carbocycles. The summed E-state index contributed by atoms with van der Waals surface area (Å²) in [5.41, 5.74) is 0.257. The van der Waals surface area contributed by atoms with Gasteiger partial charge >= 0.3 is 0 Å². The third-order valence-corrected chi connectivity index (χ3v) is 3.73. The summed E-state index contributed by atoms with van der Waals surface area (Å²) in [4.78, 5) is 33.3. The number of para-hydroxylation sites is 1. The summed E-state index contributed by atoms with van der Waals surface area (Å²) in [6, 6.07) is 6.13. The van der Waals surface area contributed by atoms with Crippen LogP contribution in [0.5, 0.6) is 0 Å². The highest BCUT2D eigenvalue weighted by molar-refractivity contribution is 8.14. The molecule has 0 saturated carbocycles. The van der Waals surface area contributed by atoms with E-state index in [0.29, 0.717) is 5.56 Å². The summed E-state index contributed by atoms with van der Waals surface area (Å²) in [7, 11) is 0. The smallest absolute Gasteiger partial charge is 0.275 e. The molecule has 1 N–H and O–H groups in total. The number of hydrogen-bond donors (Lipinski definition) is 1. The molecule has 0 unspecified atom stereocenters. The fourth-order valence-electron chi connectivity index (χ4n) is 1.83. The van der Waals surface area contributed by atoms with Crippen LogP contribution in [0.2, 0.25) is 0 Å². The molecule has 1 aliphatic rings. The third-order valence-electron chi connectivity index (χ3n) is 2.65. The van der Waals surface area contributed by atoms with Crippen molar-refractivity contribution < 1.29 is 14.5 Å². The van der Waals surface area contributed by atoms with Crippen molar-refractivity contribution in [1.82, 2.24) is 10.3 Å². The van der Waals surface area contributed by atoms with Crippen LogP contribution in [0.1, 0.15) is 24.8 Å². The monoisotopic (exact) mass is 308 g/mol. The fourth-order valence-corrected chi connectivity index (χ4v) is 3.00. The van der Waals surface area contributed by atoms with Gasteiger partial charge in [-0.15, -0.1) is 5.10 Å². The first-order valence-electron chi connectivity index (χ1n) is 5.96. The molecule has 0 radical (unpaired) electrons. The lowest BCUT2D eigenvalue weighted by molar-refractivity contribution is -0.385. The maximum atomic E-state index is 11.7. The number of carbonyl (C=O) groups is 2. The third kappa shape index (κ3) is 3.19. The predicted octanol–water partition coefficient (Wildman–Crippen LogP) is 1.60. The number of nitro benzene ring substituents is 1. The average molecular weight is 308 g/mol. The van der Waals surface area contributed by atoms with E-state index < -0.39 is 10.3 Å². The molecule has 0 fully saturated rings. The van der Waals surface area contributed by atoms with Gasteiger partial charge in [-0.3, -0.25) is 19.7 Å². The number of nitrogens with zero attached hydrogens (tertiary/aromatic N) is 3. The van der Waals surface area contributed by atoms with Crippen LogP contribution in [0, 0.1) is 10.1 Å². The van der Waals surface area contributed by atoms with E-state index in [2.05, 4.69) is 10.4 Å². The molecule has 2 amide bonds. The Morgan fingerprint density at radius 3 is 2.62 bits per heavy atom. The molecule has 1 atom stereocenters. The highest BCUT2D eigenvalue weighted by atomic mass is 32.2. The normalized spacial score (nSPS) is 17.3. The molecule has 21 heavy (non-hydrogen) atoms. The number of nitrogens with one attached hydrogen (secondary N) is 1. The van der Waals surface area contributed by atoms with E-state index in [1.807, 2.05) is 0 Å². The first-order chi connectivity index (χ1) is 9.90. The van der Waals surface area contributed by atoms with Gasteiger partial charge in [-0.2, -0.15) is 0 Å². The number of nitro groups is 1. The lowest BCUT2D eigenvalue weighted by Crippen LogP contribution is -2.25. The number of benzene rings is 1. The maximum Gasteiger partial charge on any atom is 0.275 e. The quantitative estimate of drug-likeness (QED) is 0.660. The van der Waals surface area contributed by atoms with Crippen LogP contribution in [-0.4, -0.2) is 26.9 Å². The van der Waals surface area contributed by atoms with Crippen LogP contribution < -0.4 is 5.32 Å². The second-order valence-corrected chi connectivity index (χ2v) is 5.30. The minimum atomic E-state index is -0.675. The van der Waals surface area contributed by atoms with E-state index in [9.17, 15) is 19.7 Å². The van der Waals surface area contributed by atoms with Gasteiger partial charge in [-0.1, -0.05) is 23.9 Å². The predicted molar refractivity (Wildman–Crippen MR) is 77.2 cm³/mol. The standard InChI is InChI=1S/C12H12N4O4S/c1-7(17)13-12-14-15(8(2)18)11(21-12)9-5-3-4-6-10(9)16(19)20/h3-6,11H,1-2H3,(H,13,14,17)/t11-/m0/s1. The van der Waals surface area contributed by atoms with E-state index in [4.69, 9.17) is 0 Å². The first-order valence-corrected chi connectivity index (χ1v) is 6.84. The van der Waals surface area contributed by atoms with Crippen LogP contribution in [0.25, 0.3) is 0 Å². The van der Waals surface area contributed by atoms with Gasteiger partial charge in [0, 0.05) is 19.9 Å². The Morgan fingerprint density at radius 2 is 2.05 bits per heavy atom. The van der Waals surface area contributed by atoms with Crippen molar-refractivity contribution in [2.24, 2.45) is 5.10 Å². The minimum absolute atomic E-state index is 0.0967. The molecule has 0 saturated heterocycles. The summed E-state index contributed by atoms with van der Waals surface area (Å²) in [5.74, 6) is -0.695. The lowest BCUT2D eigenvalue weighted by Gasteiger charge is -2.18. The van der Waals surface area contributed by atoms with Crippen LogP contribution in [0.15, 0.2) is 29.4 Å². The second-order valence-electron chi connectivity index (χ2n) is 4.24. The van der Waals surface area contributed by atoms with Crippen molar-refractivity contribution in [3.8, 4) is 0 Å². The Morgan fingerprint density at radius 1 is 1.38 bits per heavy atom. The molecule has 1 aromatic rings. The van der Waals surface area contributed by atoms with Gasteiger partial charge in [0.05, 0.1) is 10.5 Å². The van der Waals surface area contributed by atoms with Crippen molar-refractivity contribution in [2.75, 3.05) is 0 Å². The molecule has 0 aromatic heterocycles. The van der Waals surface area contributed by atoms with E-state index in [0.717, 1.165) is 16.8 Å². The van der Waals surface area contributed by atoms with Gasteiger partial charge < -0.3 is 5.32 Å². The molecule has 2 rings (SSSR count). The molecular weight excluding hydrogens is 296 g/mol. The van der Waals surface area contributed by atoms with Crippen molar-refractivity contribution in [3.05, 3.63) is 39.9 Å². The zero-order valence-electron chi connectivity index (χ0n) is 11.3. The van der Waals surface area contributed by atoms with Gasteiger partial charge in [0.25, 0.3) is 5.69 Å². The molecule has 110 valence electrons. The second kappa shape index (κ2) is 5.92. The van der Waals surface area contributed by atoms with E-state index in [1.54, 1.807) is 18.2 Å². The maximum absolute atomic E-state index is 11.7. The van der Waals surface area contributed by atoms with Gasteiger partial charge in [-0.25, -0.2) is 5.01 Å². The molecule has 0 bridgehead atoms. The Hall–Kier alpha value is -2.42. The number of carbonyl (C=O) groups excluding carboxylic acids is 2. The van der Waals surface area contributed by atoms with Crippen LogP contribution in [-0.2, 0) is 9.59 Å². The number of thioether (sulfide) groups is 1. The summed E-state index contributed by atoms with van der Waals surface area (Å²) in [6.45, 7) is 2.63. The lowest BCUT2D eigenvalue weighted by atomic mass is 10.1. The van der Waals surface area contributed by atoms with E-state index in [1.165, 1.54) is 19.9 Å². The summed E-state index contributed by atoms with van der Waals surface area (Å²) < 4.78 is 0. The van der Waals surface area contributed by atoms with E-state index >= 15 is 0 Å². The van der Waals surface area contributed by atoms with E-state index in [-0.39, 0.29) is 22.7 Å².